The zero-order valence-electron chi connectivity index (χ0n) is 16.7. The molecule has 0 unspecified atom stereocenters. The minimum absolute atomic E-state index is 0.0679. The first-order valence-electron chi connectivity index (χ1n) is 9.61. The van der Waals surface area contributed by atoms with E-state index in [1.165, 1.54) is 22.6 Å². The molecule has 1 aliphatic heterocycles. The highest BCUT2D eigenvalue weighted by Crippen LogP contribution is 2.23. The Balaban J connectivity index is 1.68. The second kappa shape index (κ2) is 10.2. The van der Waals surface area contributed by atoms with Crippen LogP contribution in [0.4, 0.5) is 0 Å². The fourth-order valence-corrected chi connectivity index (χ4v) is 5.64. The summed E-state index contributed by atoms with van der Waals surface area (Å²) in [5, 5.41) is 7.46. The van der Waals surface area contributed by atoms with Gasteiger partial charge in [-0.25, -0.2) is 8.42 Å². The zero-order valence-corrected chi connectivity index (χ0v) is 18.3. The molecule has 0 spiro atoms. The van der Waals surface area contributed by atoms with Gasteiger partial charge in [-0.05, 0) is 23.1 Å². The second-order valence-corrected chi connectivity index (χ2v) is 9.76. The Morgan fingerprint density at radius 3 is 2.57 bits per heavy atom. The first-order valence-corrected chi connectivity index (χ1v) is 11.9. The van der Waals surface area contributed by atoms with E-state index < -0.39 is 16.1 Å². The van der Waals surface area contributed by atoms with Crippen LogP contribution in [0, 0.1) is 0 Å². The van der Waals surface area contributed by atoms with Crippen molar-refractivity contribution in [1.29, 1.82) is 0 Å². The van der Waals surface area contributed by atoms with Crippen LogP contribution in [0.2, 0.25) is 0 Å². The van der Waals surface area contributed by atoms with Crippen LogP contribution in [0.25, 0.3) is 0 Å². The van der Waals surface area contributed by atoms with E-state index in [9.17, 15) is 18.0 Å². The number of thiophene rings is 1. The number of hydrogen-bond donors (Lipinski definition) is 2. The number of carbonyl (C=O) groups excluding carboxylic acids is 2. The molecule has 2 N–H and O–H groups in total. The molecule has 2 aromatic rings. The van der Waals surface area contributed by atoms with E-state index in [4.69, 9.17) is 4.74 Å². The first kappa shape index (κ1) is 22.4. The molecule has 162 valence electrons. The number of nitrogens with one attached hydrogen (secondary N) is 2. The Morgan fingerprint density at radius 2 is 1.90 bits per heavy atom. The molecule has 1 saturated heterocycles. The molecule has 0 aliphatic carbocycles. The molecule has 2 amide bonds. The van der Waals surface area contributed by atoms with E-state index >= 15 is 0 Å². The van der Waals surface area contributed by atoms with E-state index in [0.29, 0.717) is 31.9 Å². The average Bonchev–Trinajstić information content (AvgIpc) is 3.27. The Hall–Kier alpha value is -2.27. The van der Waals surface area contributed by atoms with Gasteiger partial charge in [0.2, 0.25) is 21.8 Å². The van der Waals surface area contributed by atoms with Crippen LogP contribution in [-0.2, 0) is 30.9 Å². The number of carbonyl (C=O) groups is 2. The van der Waals surface area contributed by atoms with E-state index in [1.807, 2.05) is 17.5 Å². The minimum Gasteiger partial charge on any atom is -0.379 e. The van der Waals surface area contributed by atoms with E-state index in [2.05, 4.69) is 10.6 Å². The topological polar surface area (TPSA) is 105 Å². The van der Waals surface area contributed by atoms with Gasteiger partial charge < -0.3 is 15.4 Å². The highest BCUT2D eigenvalue weighted by molar-refractivity contribution is 7.89. The van der Waals surface area contributed by atoms with Gasteiger partial charge in [0.15, 0.2) is 0 Å². The summed E-state index contributed by atoms with van der Waals surface area (Å²) in [4.78, 5) is 25.1. The average molecular weight is 452 g/mol. The largest absolute Gasteiger partial charge is 0.379 e. The molecule has 0 bridgehead atoms. The van der Waals surface area contributed by atoms with Gasteiger partial charge in [0, 0.05) is 31.4 Å². The van der Waals surface area contributed by atoms with Crippen LogP contribution < -0.4 is 10.6 Å². The first-order chi connectivity index (χ1) is 14.4. The third-order valence-electron chi connectivity index (χ3n) is 4.69. The highest BCUT2D eigenvalue weighted by atomic mass is 32.2. The van der Waals surface area contributed by atoms with Crippen molar-refractivity contribution in [2.24, 2.45) is 0 Å². The molecule has 1 aliphatic rings. The second-order valence-electron chi connectivity index (χ2n) is 6.87. The van der Waals surface area contributed by atoms with Crippen LogP contribution in [-0.4, -0.2) is 50.8 Å². The van der Waals surface area contributed by atoms with Crippen molar-refractivity contribution >= 4 is 33.2 Å². The number of amides is 2. The summed E-state index contributed by atoms with van der Waals surface area (Å²) in [7, 11) is -3.67. The van der Waals surface area contributed by atoms with Gasteiger partial charge in [-0.2, -0.15) is 4.31 Å². The molecule has 2 heterocycles. The number of hydrogen-bond acceptors (Lipinski definition) is 6. The molecule has 3 rings (SSSR count). The molecule has 8 nitrogen and oxygen atoms in total. The van der Waals surface area contributed by atoms with Gasteiger partial charge in [0.1, 0.15) is 0 Å². The summed E-state index contributed by atoms with van der Waals surface area (Å²) in [6.07, 6.45) is 0.0679. The monoisotopic (exact) mass is 451 g/mol. The summed E-state index contributed by atoms with van der Waals surface area (Å²) in [5.41, 5.74) is 0.518. The van der Waals surface area contributed by atoms with Crippen molar-refractivity contribution in [3.8, 4) is 0 Å². The fourth-order valence-electron chi connectivity index (χ4n) is 3.24. The number of sulfonamides is 1. The zero-order chi connectivity index (χ0) is 21.6. The normalized spacial score (nSPS) is 16.0. The maximum absolute atomic E-state index is 13.0. The SMILES string of the molecule is CC(=O)N[C@@H](CC(=O)NCc1ccccc1S(=O)(=O)N1CCOCC1)c1cccs1. The third-order valence-corrected chi connectivity index (χ3v) is 7.68. The number of benzene rings is 1. The lowest BCUT2D eigenvalue weighted by Crippen LogP contribution is -2.41. The van der Waals surface area contributed by atoms with E-state index in [1.54, 1.807) is 24.3 Å². The standard InChI is InChI=1S/C20H25N3O5S2/c1-15(24)22-17(18-6-4-12-29-18)13-20(25)21-14-16-5-2-3-7-19(16)30(26,27)23-8-10-28-11-9-23/h2-7,12,17H,8-11,13-14H2,1H3,(H,21,25)(H,22,24)/t17-/m0/s1. The van der Waals surface area contributed by atoms with Crippen molar-refractivity contribution in [2.75, 3.05) is 26.3 Å². The van der Waals surface area contributed by atoms with Crippen LogP contribution >= 0.6 is 11.3 Å². The third kappa shape index (κ3) is 5.66. The summed E-state index contributed by atoms with van der Waals surface area (Å²) in [6, 6.07) is 9.96. The van der Waals surface area contributed by atoms with Crippen molar-refractivity contribution in [3.05, 3.63) is 52.2 Å². The summed E-state index contributed by atoms with van der Waals surface area (Å²) >= 11 is 1.46. The lowest BCUT2D eigenvalue weighted by molar-refractivity contribution is -0.122. The highest BCUT2D eigenvalue weighted by Gasteiger charge is 2.28. The molecular weight excluding hydrogens is 426 g/mol. The number of morpholine rings is 1. The van der Waals surface area contributed by atoms with Crippen LogP contribution in [0.3, 0.4) is 0 Å². The maximum Gasteiger partial charge on any atom is 0.243 e. The predicted octanol–water partition coefficient (Wildman–Crippen LogP) is 1.65. The lowest BCUT2D eigenvalue weighted by Gasteiger charge is -2.27. The van der Waals surface area contributed by atoms with Crippen molar-refractivity contribution < 1.29 is 22.7 Å². The molecule has 10 heteroatoms. The number of rotatable bonds is 8. The smallest absolute Gasteiger partial charge is 0.243 e. The van der Waals surface area contributed by atoms with Crippen LogP contribution in [0.1, 0.15) is 29.8 Å². The molecule has 1 aromatic heterocycles. The number of nitrogens with zero attached hydrogens (tertiary/aromatic N) is 1. The predicted molar refractivity (Wildman–Crippen MR) is 113 cm³/mol. The number of ether oxygens (including phenoxy) is 1. The van der Waals surface area contributed by atoms with Crippen molar-refractivity contribution in [3.63, 3.8) is 0 Å². The van der Waals surface area contributed by atoms with Gasteiger partial charge in [-0.15, -0.1) is 11.3 Å². The van der Waals surface area contributed by atoms with E-state index in [-0.39, 0.29) is 29.7 Å². The lowest BCUT2D eigenvalue weighted by atomic mass is 10.1. The molecule has 1 aromatic carbocycles. The minimum atomic E-state index is -3.67. The molecule has 1 atom stereocenters. The van der Waals surface area contributed by atoms with Gasteiger partial charge in [-0.1, -0.05) is 24.3 Å². The molecular formula is C20H25N3O5S2. The van der Waals surface area contributed by atoms with Crippen molar-refractivity contribution in [2.45, 2.75) is 30.8 Å². The summed E-state index contributed by atoms with van der Waals surface area (Å²) in [6.45, 7) is 2.84. The van der Waals surface area contributed by atoms with E-state index in [0.717, 1.165) is 4.88 Å². The summed E-state index contributed by atoms with van der Waals surface area (Å²) in [5.74, 6) is -0.496. The summed E-state index contributed by atoms with van der Waals surface area (Å²) < 4.78 is 32.7. The van der Waals surface area contributed by atoms with Crippen LogP contribution in [0.5, 0.6) is 0 Å². The fraction of sp³-hybridized carbons (Fsp3) is 0.400. The molecule has 0 radical (unpaired) electrons. The molecule has 1 fully saturated rings. The quantitative estimate of drug-likeness (QED) is 0.635. The molecule has 0 saturated carbocycles. The van der Waals surface area contributed by atoms with Gasteiger partial charge >= 0.3 is 0 Å². The van der Waals surface area contributed by atoms with Gasteiger partial charge in [0.25, 0.3) is 0 Å². The van der Waals surface area contributed by atoms with Gasteiger partial charge in [0.05, 0.1) is 30.6 Å². The Bertz CT molecular complexity index is 970. The Morgan fingerprint density at radius 1 is 1.17 bits per heavy atom. The Kier molecular flexibility index (Phi) is 7.59. The molecule has 30 heavy (non-hydrogen) atoms. The van der Waals surface area contributed by atoms with Crippen LogP contribution in [0.15, 0.2) is 46.7 Å². The van der Waals surface area contributed by atoms with Gasteiger partial charge in [-0.3, -0.25) is 9.59 Å². The Labute approximate surface area is 180 Å². The maximum atomic E-state index is 13.0. The van der Waals surface area contributed by atoms with Crippen molar-refractivity contribution in [1.82, 2.24) is 14.9 Å².